The SMILES string of the molecule is CN1CC2(CC1c1nnc(-c3ccccc3)o1)CN(C(=O)c1ccc(F)c(F)c1)C2. The van der Waals surface area contributed by atoms with Gasteiger partial charge in [-0.3, -0.25) is 9.69 Å². The molecule has 0 radical (unpaired) electrons. The molecule has 1 aromatic heterocycles. The first-order chi connectivity index (χ1) is 14.4. The van der Waals surface area contributed by atoms with Crippen molar-refractivity contribution in [3.63, 3.8) is 0 Å². The third kappa shape index (κ3) is 3.17. The lowest BCUT2D eigenvalue weighted by Crippen LogP contribution is -2.59. The Morgan fingerprint density at radius 1 is 1.07 bits per heavy atom. The van der Waals surface area contributed by atoms with Crippen LogP contribution in [0.25, 0.3) is 11.5 Å². The van der Waals surface area contributed by atoms with Gasteiger partial charge in [0.15, 0.2) is 11.6 Å². The van der Waals surface area contributed by atoms with Gasteiger partial charge in [0, 0.05) is 36.2 Å². The maximum Gasteiger partial charge on any atom is 0.254 e. The molecule has 3 heterocycles. The zero-order valence-electron chi connectivity index (χ0n) is 16.4. The molecule has 0 N–H and O–H groups in total. The number of benzene rings is 2. The van der Waals surface area contributed by atoms with Crippen LogP contribution in [0.3, 0.4) is 0 Å². The maximum absolute atomic E-state index is 13.5. The Kier molecular flexibility index (Phi) is 4.39. The smallest absolute Gasteiger partial charge is 0.254 e. The molecular weight excluding hydrogens is 390 g/mol. The van der Waals surface area contributed by atoms with E-state index < -0.39 is 11.6 Å². The molecule has 0 aliphatic carbocycles. The Balaban J connectivity index is 1.27. The van der Waals surface area contributed by atoms with E-state index in [1.54, 1.807) is 4.90 Å². The molecular formula is C22H20F2N4O2. The maximum atomic E-state index is 13.5. The summed E-state index contributed by atoms with van der Waals surface area (Å²) in [4.78, 5) is 16.4. The van der Waals surface area contributed by atoms with Crippen LogP contribution < -0.4 is 0 Å². The van der Waals surface area contributed by atoms with Crippen molar-refractivity contribution >= 4 is 5.91 Å². The fraction of sp³-hybridized carbons (Fsp3) is 0.318. The van der Waals surface area contributed by atoms with Gasteiger partial charge in [0.25, 0.3) is 5.91 Å². The van der Waals surface area contributed by atoms with E-state index in [0.29, 0.717) is 24.9 Å². The largest absolute Gasteiger partial charge is 0.419 e. The van der Waals surface area contributed by atoms with Gasteiger partial charge in [0.1, 0.15) is 0 Å². The van der Waals surface area contributed by atoms with Crippen LogP contribution in [0.5, 0.6) is 0 Å². The minimum atomic E-state index is -1.01. The highest BCUT2D eigenvalue weighted by Crippen LogP contribution is 2.47. The Morgan fingerprint density at radius 3 is 2.57 bits per heavy atom. The number of hydrogen-bond donors (Lipinski definition) is 0. The van der Waals surface area contributed by atoms with Crippen molar-refractivity contribution < 1.29 is 18.0 Å². The highest BCUT2D eigenvalue weighted by molar-refractivity contribution is 5.94. The van der Waals surface area contributed by atoms with Crippen LogP contribution in [-0.4, -0.2) is 52.6 Å². The summed E-state index contributed by atoms with van der Waals surface area (Å²) < 4.78 is 32.5. The van der Waals surface area contributed by atoms with Gasteiger partial charge in [-0.15, -0.1) is 10.2 Å². The quantitative estimate of drug-likeness (QED) is 0.661. The summed E-state index contributed by atoms with van der Waals surface area (Å²) in [6, 6.07) is 12.8. The molecule has 6 nitrogen and oxygen atoms in total. The Morgan fingerprint density at radius 2 is 1.83 bits per heavy atom. The molecule has 1 amide bonds. The second kappa shape index (κ2) is 6.98. The molecule has 0 bridgehead atoms. The molecule has 2 aromatic carbocycles. The summed E-state index contributed by atoms with van der Waals surface area (Å²) in [6.07, 6.45) is 0.793. The Bertz CT molecular complexity index is 1100. The first kappa shape index (κ1) is 18.9. The van der Waals surface area contributed by atoms with Gasteiger partial charge in [0.05, 0.1) is 6.04 Å². The molecule has 2 aliphatic rings. The molecule has 5 rings (SSSR count). The van der Waals surface area contributed by atoms with Crippen molar-refractivity contribution in [3.05, 3.63) is 71.6 Å². The molecule has 2 saturated heterocycles. The number of likely N-dealkylation sites (tertiary alicyclic amines) is 2. The second-order valence-electron chi connectivity index (χ2n) is 8.24. The van der Waals surface area contributed by atoms with E-state index in [0.717, 1.165) is 30.7 Å². The van der Waals surface area contributed by atoms with Crippen molar-refractivity contribution in [2.24, 2.45) is 5.41 Å². The number of halogens is 2. The number of hydrogen-bond acceptors (Lipinski definition) is 5. The lowest BCUT2D eigenvalue weighted by molar-refractivity contribution is 0.0114. The topological polar surface area (TPSA) is 62.5 Å². The van der Waals surface area contributed by atoms with Gasteiger partial charge in [-0.05, 0) is 43.8 Å². The van der Waals surface area contributed by atoms with Crippen molar-refractivity contribution in [2.45, 2.75) is 12.5 Å². The third-order valence-corrected chi connectivity index (χ3v) is 6.00. The molecule has 1 spiro atoms. The van der Waals surface area contributed by atoms with E-state index in [4.69, 9.17) is 4.42 Å². The standard InChI is InChI=1S/C22H20F2N4O2/c1-27-11-22(12-28(13-22)21(29)15-7-8-16(23)17(24)9-15)10-18(27)20-26-25-19(30-20)14-5-3-2-4-6-14/h2-9,18H,10-13H2,1H3. The summed E-state index contributed by atoms with van der Waals surface area (Å²) in [5.74, 6) is -1.19. The van der Waals surface area contributed by atoms with Gasteiger partial charge in [0.2, 0.25) is 11.8 Å². The van der Waals surface area contributed by atoms with Crippen molar-refractivity contribution in [1.82, 2.24) is 20.0 Å². The third-order valence-electron chi connectivity index (χ3n) is 6.00. The zero-order chi connectivity index (χ0) is 20.9. The van der Waals surface area contributed by atoms with Crippen LogP contribution in [0.4, 0.5) is 8.78 Å². The van der Waals surface area contributed by atoms with E-state index in [1.807, 2.05) is 37.4 Å². The first-order valence-electron chi connectivity index (χ1n) is 9.78. The summed E-state index contributed by atoms with van der Waals surface area (Å²) in [7, 11) is 2.01. The number of aromatic nitrogens is 2. The fourth-order valence-corrected chi connectivity index (χ4v) is 4.56. The van der Waals surface area contributed by atoms with E-state index in [-0.39, 0.29) is 22.9 Å². The molecule has 30 heavy (non-hydrogen) atoms. The van der Waals surface area contributed by atoms with E-state index in [9.17, 15) is 13.6 Å². The minimum absolute atomic E-state index is 0.0181. The molecule has 8 heteroatoms. The number of carbonyl (C=O) groups is 1. The molecule has 2 aliphatic heterocycles. The van der Waals surface area contributed by atoms with E-state index in [1.165, 1.54) is 6.07 Å². The number of carbonyl (C=O) groups excluding carboxylic acids is 1. The van der Waals surface area contributed by atoms with Crippen LogP contribution in [0, 0.1) is 17.0 Å². The second-order valence-corrected chi connectivity index (χ2v) is 8.24. The first-order valence-corrected chi connectivity index (χ1v) is 9.78. The zero-order valence-corrected chi connectivity index (χ0v) is 16.4. The van der Waals surface area contributed by atoms with Crippen molar-refractivity contribution in [3.8, 4) is 11.5 Å². The van der Waals surface area contributed by atoms with Gasteiger partial charge in [-0.25, -0.2) is 8.78 Å². The highest BCUT2D eigenvalue weighted by Gasteiger charge is 2.53. The van der Waals surface area contributed by atoms with Crippen LogP contribution in [0.15, 0.2) is 52.9 Å². The monoisotopic (exact) mass is 410 g/mol. The number of nitrogens with zero attached hydrogens (tertiary/aromatic N) is 4. The summed E-state index contributed by atoms with van der Waals surface area (Å²) in [5, 5.41) is 8.43. The molecule has 1 atom stereocenters. The van der Waals surface area contributed by atoms with Crippen LogP contribution >= 0.6 is 0 Å². The lowest BCUT2D eigenvalue weighted by Gasteiger charge is -2.48. The summed E-state index contributed by atoms with van der Waals surface area (Å²) >= 11 is 0. The van der Waals surface area contributed by atoms with Gasteiger partial charge >= 0.3 is 0 Å². The van der Waals surface area contributed by atoms with E-state index in [2.05, 4.69) is 15.1 Å². The van der Waals surface area contributed by atoms with Gasteiger partial charge in [-0.2, -0.15) is 0 Å². The average molecular weight is 410 g/mol. The molecule has 2 fully saturated rings. The van der Waals surface area contributed by atoms with Crippen LogP contribution in [-0.2, 0) is 0 Å². The van der Waals surface area contributed by atoms with Crippen LogP contribution in [0.1, 0.15) is 28.7 Å². The predicted octanol–water partition coefficient (Wildman–Crippen LogP) is 3.53. The average Bonchev–Trinajstić information content (AvgIpc) is 3.34. The highest BCUT2D eigenvalue weighted by atomic mass is 19.2. The summed E-state index contributed by atoms with van der Waals surface area (Å²) in [6.45, 7) is 1.92. The van der Waals surface area contributed by atoms with Crippen molar-refractivity contribution in [1.29, 1.82) is 0 Å². The van der Waals surface area contributed by atoms with E-state index >= 15 is 0 Å². The molecule has 154 valence electrons. The lowest BCUT2D eigenvalue weighted by atomic mass is 9.77. The van der Waals surface area contributed by atoms with Gasteiger partial charge < -0.3 is 9.32 Å². The molecule has 0 saturated carbocycles. The Labute approximate surface area is 172 Å². The molecule has 3 aromatic rings. The van der Waals surface area contributed by atoms with Crippen molar-refractivity contribution in [2.75, 3.05) is 26.7 Å². The number of amides is 1. The number of rotatable bonds is 3. The predicted molar refractivity (Wildman–Crippen MR) is 104 cm³/mol. The molecule has 1 unspecified atom stereocenters. The Hall–Kier alpha value is -3.13. The van der Waals surface area contributed by atoms with Crippen LogP contribution in [0.2, 0.25) is 0 Å². The van der Waals surface area contributed by atoms with Gasteiger partial charge in [-0.1, -0.05) is 18.2 Å². The fourth-order valence-electron chi connectivity index (χ4n) is 4.56. The summed E-state index contributed by atoms with van der Waals surface area (Å²) in [5.41, 5.74) is 0.976. The normalized spacial score (nSPS) is 20.5. The minimum Gasteiger partial charge on any atom is -0.419 e.